The van der Waals surface area contributed by atoms with E-state index in [9.17, 15) is 13.6 Å². The summed E-state index contributed by atoms with van der Waals surface area (Å²) in [6.07, 6.45) is -1.96. The molecule has 7 heteroatoms. The van der Waals surface area contributed by atoms with E-state index in [2.05, 4.69) is 4.74 Å². The van der Waals surface area contributed by atoms with Crippen molar-refractivity contribution in [3.8, 4) is 0 Å². The lowest BCUT2D eigenvalue weighted by molar-refractivity contribution is -0.134. The van der Waals surface area contributed by atoms with Crippen molar-refractivity contribution in [2.45, 2.75) is 39.2 Å². The van der Waals surface area contributed by atoms with Gasteiger partial charge in [0.05, 0.1) is 18.0 Å². The van der Waals surface area contributed by atoms with Gasteiger partial charge in [-0.2, -0.15) is 0 Å². The highest BCUT2D eigenvalue weighted by atomic mass is 32.1. The molecule has 0 saturated carbocycles. The fourth-order valence-corrected chi connectivity index (χ4v) is 1.47. The number of nitrogens with zero attached hydrogens (tertiary/aromatic N) is 1. The monoisotopic (exact) mass is 282 g/mol. The van der Waals surface area contributed by atoms with Crippen molar-refractivity contribution in [3.63, 3.8) is 0 Å². The quantitative estimate of drug-likeness (QED) is 0.515. The van der Waals surface area contributed by atoms with E-state index in [1.165, 1.54) is 0 Å². The van der Waals surface area contributed by atoms with Crippen molar-refractivity contribution in [1.82, 2.24) is 4.90 Å². The first-order valence-electron chi connectivity index (χ1n) is 5.78. The van der Waals surface area contributed by atoms with Gasteiger partial charge in [-0.05, 0) is 13.8 Å². The molecule has 0 aromatic carbocycles. The molecule has 0 aromatic heterocycles. The van der Waals surface area contributed by atoms with E-state index in [0.29, 0.717) is 18.0 Å². The van der Waals surface area contributed by atoms with E-state index in [4.69, 9.17) is 18.0 Å². The van der Waals surface area contributed by atoms with Crippen LogP contribution in [-0.2, 0) is 9.53 Å². The van der Waals surface area contributed by atoms with Crippen LogP contribution in [0.5, 0.6) is 0 Å². The van der Waals surface area contributed by atoms with Crippen molar-refractivity contribution in [2.75, 3.05) is 19.8 Å². The molecule has 0 radical (unpaired) electrons. The average molecular weight is 282 g/mol. The molecule has 0 aliphatic heterocycles. The van der Waals surface area contributed by atoms with E-state index >= 15 is 0 Å². The zero-order valence-corrected chi connectivity index (χ0v) is 11.5. The van der Waals surface area contributed by atoms with Crippen LogP contribution in [0.2, 0.25) is 0 Å². The summed E-state index contributed by atoms with van der Waals surface area (Å²) in [5.74, 6) is -0.143. The van der Waals surface area contributed by atoms with Gasteiger partial charge in [-0.15, -0.1) is 0 Å². The molecule has 0 saturated heterocycles. The molecule has 4 nitrogen and oxygen atoms in total. The molecule has 18 heavy (non-hydrogen) atoms. The Morgan fingerprint density at radius 3 is 2.44 bits per heavy atom. The molecule has 0 aromatic rings. The Kier molecular flexibility index (Phi) is 8.74. The van der Waals surface area contributed by atoms with Gasteiger partial charge in [0.1, 0.15) is 6.61 Å². The van der Waals surface area contributed by atoms with Crippen LogP contribution in [0.25, 0.3) is 0 Å². The van der Waals surface area contributed by atoms with Gasteiger partial charge in [-0.1, -0.05) is 12.2 Å². The van der Waals surface area contributed by atoms with Crippen molar-refractivity contribution < 1.29 is 18.3 Å². The van der Waals surface area contributed by atoms with E-state index in [1.807, 2.05) is 13.8 Å². The van der Waals surface area contributed by atoms with Gasteiger partial charge >= 0.3 is 0 Å². The number of carbonyl (C=O) groups excluding carboxylic acids is 1. The zero-order chi connectivity index (χ0) is 14.1. The number of halogens is 2. The lowest BCUT2D eigenvalue weighted by atomic mass is 10.2. The van der Waals surface area contributed by atoms with Gasteiger partial charge in [-0.25, -0.2) is 8.78 Å². The third-order valence-corrected chi connectivity index (χ3v) is 2.45. The van der Waals surface area contributed by atoms with Gasteiger partial charge < -0.3 is 15.4 Å². The average Bonchev–Trinajstić information content (AvgIpc) is 2.23. The van der Waals surface area contributed by atoms with E-state index in [0.717, 1.165) is 0 Å². The van der Waals surface area contributed by atoms with E-state index in [1.54, 1.807) is 4.90 Å². The molecule has 1 amide bonds. The molecular weight excluding hydrogens is 262 g/mol. The number of amides is 1. The van der Waals surface area contributed by atoms with Crippen LogP contribution in [0.4, 0.5) is 8.78 Å². The smallest absolute Gasteiger partial charge is 0.261 e. The maximum Gasteiger partial charge on any atom is 0.261 e. The summed E-state index contributed by atoms with van der Waals surface area (Å²) >= 11 is 4.75. The maximum atomic E-state index is 11.8. The minimum Gasteiger partial charge on any atom is -0.393 e. The number of thiocarbonyl (C=S) groups is 1. The second-order valence-corrected chi connectivity index (χ2v) is 4.64. The predicted molar refractivity (Wildman–Crippen MR) is 69.7 cm³/mol. The Bertz CT molecular complexity index is 276. The lowest BCUT2D eigenvalue weighted by Gasteiger charge is -2.26. The van der Waals surface area contributed by atoms with Crippen molar-refractivity contribution in [3.05, 3.63) is 0 Å². The Hall–Kier alpha value is -0.820. The topological polar surface area (TPSA) is 55.6 Å². The molecule has 0 bridgehead atoms. The molecule has 106 valence electrons. The van der Waals surface area contributed by atoms with Crippen LogP contribution in [0.1, 0.15) is 26.7 Å². The standard InChI is InChI=1S/C11H20F2N2O2S/c1-8(2)15(5-3-10(14)18)11(16)4-6-17-7-9(12)13/h8-9H,3-7H2,1-2H3,(H2,14,18). The summed E-state index contributed by atoms with van der Waals surface area (Å²) in [7, 11) is 0. The van der Waals surface area contributed by atoms with E-state index < -0.39 is 13.0 Å². The van der Waals surface area contributed by atoms with Gasteiger partial charge in [0, 0.05) is 19.0 Å². The van der Waals surface area contributed by atoms with Crippen LogP contribution in [0, 0.1) is 0 Å². The van der Waals surface area contributed by atoms with Crippen molar-refractivity contribution in [2.24, 2.45) is 5.73 Å². The number of hydrogen-bond donors (Lipinski definition) is 1. The Morgan fingerprint density at radius 1 is 1.39 bits per heavy atom. The van der Waals surface area contributed by atoms with Gasteiger partial charge in [0.2, 0.25) is 5.91 Å². The minimum atomic E-state index is -2.50. The second kappa shape index (κ2) is 9.16. The number of rotatable bonds is 9. The normalized spacial score (nSPS) is 11.0. The fraction of sp³-hybridized carbons (Fsp3) is 0.818. The molecular formula is C11H20F2N2O2S. The third kappa shape index (κ3) is 8.30. The fourth-order valence-electron chi connectivity index (χ4n) is 1.38. The highest BCUT2D eigenvalue weighted by molar-refractivity contribution is 7.80. The SMILES string of the molecule is CC(C)N(CCC(N)=S)C(=O)CCOCC(F)F. The Morgan fingerprint density at radius 2 is 2.00 bits per heavy atom. The largest absolute Gasteiger partial charge is 0.393 e. The first kappa shape index (κ1) is 17.2. The molecule has 0 spiro atoms. The lowest BCUT2D eigenvalue weighted by Crippen LogP contribution is -2.39. The van der Waals surface area contributed by atoms with Crippen LogP contribution in [0.15, 0.2) is 0 Å². The number of alkyl halides is 2. The summed E-state index contributed by atoms with van der Waals surface area (Å²) in [6, 6.07) is 0.0157. The van der Waals surface area contributed by atoms with Crippen LogP contribution >= 0.6 is 12.2 Å². The highest BCUT2D eigenvalue weighted by Gasteiger charge is 2.16. The minimum absolute atomic E-state index is 0.000531. The number of nitrogens with two attached hydrogens (primary N) is 1. The molecule has 0 atom stereocenters. The molecule has 0 rings (SSSR count). The van der Waals surface area contributed by atoms with E-state index in [-0.39, 0.29) is 25.0 Å². The molecule has 0 heterocycles. The molecule has 0 aliphatic rings. The summed E-state index contributed by atoms with van der Waals surface area (Å²) < 4.78 is 28.3. The van der Waals surface area contributed by atoms with Crippen molar-refractivity contribution >= 4 is 23.1 Å². The number of carbonyl (C=O) groups is 1. The van der Waals surface area contributed by atoms with Gasteiger partial charge in [-0.3, -0.25) is 4.79 Å². The number of ether oxygens (including phenoxy) is 1. The number of hydrogen-bond acceptors (Lipinski definition) is 3. The van der Waals surface area contributed by atoms with Crippen LogP contribution in [0.3, 0.4) is 0 Å². The molecule has 0 fully saturated rings. The summed E-state index contributed by atoms with van der Waals surface area (Å²) in [5, 5.41) is 0. The predicted octanol–water partition coefficient (Wildman–Crippen LogP) is 1.57. The Labute approximate surface area is 111 Å². The second-order valence-electron chi connectivity index (χ2n) is 4.11. The zero-order valence-electron chi connectivity index (χ0n) is 10.7. The molecule has 0 unspecified atom stereocenters. The Balaban J connectivity index is 4.02. The van der Waals surface area contributed by atoms with Crippen molar-refractivity contribution in [1.29, 1.82) is 0 Å². The van der Waals surface area contributed by atoms with Gasteiger partial charge in [0.15, 0.2) is 0 Å². The molecule has 2 N–H and O–H groups in total. The summed E-state index contributed by atoms with van der Waals surface area (Å²) in [4.78, 5) is 13.8. The highest BCUT2D eigenvalue weighted by Crippen LogP contribution is 2.04. The summed E-state index contributed by atoms with van der Waals surface area (Å²) in [6.45, 7) is 3.55. The first-order chi connectivity index (χ1) is 8.34. The van der Waals surface area contributed by atoms with Crippen LogP contribution in [-0.4, -0.2) is 48.0 Å². The molecule has 0 aliphatic carbocycles. The van der Waals surface area contributed by atoms with Crippen LogP contribution < -0.4 is 5.73 Å². The maximum absolute atomic E-state index is 11.8. The first-order valence-corrected chi connectivity index (χ1v) is 6.19. The summed E-state index contributed by atoms with van der Waals surface area (Å²) in [5.41, 5.74) is 5.38. The van der Waals surface area contributed by atoms with Gasteiger partial charge in [0.25, 0.3) is 6.43 Å². The third-order valence-electron chi connectivity index (χ3n) is 2.25.